The van der Waals surface area contributed by atoms with Gasteiger partial charge in [-0.25, -0.2) is 4.79 Å². The van der Waals surface area contributed by atoms with Crippen LogP contribution in [-0.4, -0.2) is 35.6 Å². The van der Waals surface area contributed by atoms with Crippen LogP contribution >= 0.6 is 0 Å². The average Bonchev–Trinajstić information content (AvgIpc) is 2.63. The number of pyridine rings is 1. The predicted octanol–water partition coefficient (Wildman–Crippen LogP) is 3.25. The zero-order valence-electron chi connectivity index (χ0n) is 14.4. The lowest BCUT2D eigenvalue weighted by Crippen LogP contribution is -2.40. The number of carbonyl (C=O) groups is 1. The Morgan fingerprint density at radius 3 is 2.42 bits per heavy atom. The first kappa shape index (κ1) is 17.8. The minimum atomic E-state index is -0.0413. The number of hydrogen-bond acceptors (Lipinski definition) is 3. The molecule has 0 aliphatic rings. The largest absolute Gasteiger partial charge is 0.494 e. The summed E-state index contributed by atoms with van der Waals surface area (Å²) in [5, 5.41) is 2.97. The quantitative estimate of drug-likeness (QED) is 0.810. The second kappa shape index (κ2) is 9.55. The van der Waals surface area contributed by atoms with E-state index in [1.807, 2.05) is 55.1 Å². The molecule has 1 aromatic carbocycles. The molecule has 5 nitrogen and oxygen atoms in total. The number of nitrogens with one attached hydrogen (secondary N) is 1. The van der Waals surface area contributed by atoms with Gasteiger partial charge < -0.3 is 15.0 Å². The number of carbonyl (C=O) groups excluding carboxylic acids is 1. The van der Waals surface area contributed by atoms with Crippen molar-refractivity contribution in [3.05, 3.63) is 59.9 Å². The summed E-state index contributed by atoms with van der Waals surface area (Å²) < 4.78 is 5.42. The van der Waals surface area contributed by atoms with E-state index < -0.39 is 0 Å². The molecule has 5 heteroatoms. The van der Waals surface area contributed by atoms with Gasteiger partial charge in [-0.3, -0.25) is 4.98 Å². The van der Waals surface area contributed by atoms with E-state index in [0.29, 0.717) is 26.2 Å². The molecule has 24 heavy (non-hydrogen) atoms. The van der Waals surface area contributed by atoms with Crippen LogP contribution in [0.1, 0.15) is 25.0 Å². The smallest absolute Gasteiger partial charge is 0.317 e. The summed E-state index contributed by atoms with van der Waals surface area (Å²) in [4.78, 5) is 18.1. The Kier molecular flexibility index (Phi) is 7.08. The Labute approximate surface area is 143 Å². The summed E-state index contributed by atoms with van der Waals surface area (Å²) in [5.41, 5.74) is 2.24. The Morgan fingerprint density at radius 1 is 1.08 bits per heavy atom. The number of benzene rings is 1. The fourth-order valence-electron chi connectivity index (χ4n) is 2.38. The standard InChI is InChI=1S/C19H25N3O2/c1-3-22(14-11-16-9-12-20-13-10-16)19(23)21-15-17-5-7-18(8-6-17)24-4-2/h5-10,12-13H,3-4,11,14-15H2,1-2H3,(H,21,23). The van der Waals surface area contributed by atoms with Crippen LogP contribution in [0.4, 0.5) is 4.79 Å². The van der Waals surface area contributed by atoms with Crippen LogP contribution in [0.2, 0.25) is 0 Å². The van der Waals surface area contributed by atoms with Crippen molar-refractivity contribution in [1.29, 1.82) is 0 Å². The zero-order valence-corrected chi connectivity index (χ0v) is 14.4. The number of hydrogen-bond donors (Lipinski definition) is 1. The molecule has 0 radical (unpaired) electrons. The number of urea groups is 1. The molecular weight excluding hydrogens is 302 g/mol. The SMILES string of the molecule is CCOc1ccc(CNC(=O)N(CC)CCc2ccncc2)cc1. The fraction of sp³-hybridized carbons (Fsp3) is 0.368. The zero-order chi connectivity index (χ0) is 17.2. The third-order valence-corrected chi connectivity index (χ3v) is 3.77. The van der Waals surface area contributed by atoms with E-state index in [1.165, 1.54) is 5.56 Å². The average molecular weight is 327 g/mol. The number of amides is 2. The lowest BCUT2D eigenvalue weighted by Gasteiger charge is -2.21. The second-order valence-electron chi connectivity index (χ2n) is 5.42. The van der Waals surface area contributed by atoms with Crippen molar-refractivity contribution in [2.75, 3.05) is 19.7 Å². The van der Waals surface area contributed by atoms with Crippen LogP contribution in [0.25, 0.3) is 0 Å². The Morgan fingerprint density at radius 2 is 1.79 bits per heavy atom. The molecule has 0 saturated heterocycles. The van der Waals surface area contributed by atoms with Gasteiger partial charge in [0.1, 0.15) is 5.75 Å². The molecule has 1 heterocycles. The van der Waals surface area contributed by atoms with Crippen LogP contribution in [-0.2, 0) is 13.0 Å². The van der Waals surface area contributed by atoms with Crippen LogP contribution in [0.15, 0.2) is 48.8 Å². The molecule has 0 aliphatic carbocycles. The first-order chi connectivity index (χ1) is 11.7. The number of aromatic nitrogens is 1. The lowest BCUT2D eigenvalue weighted by atomic mass is 10.2. The normalized spacial score (nSPS) is 10.2. The summed E-state index contributed by atoms with van der Waals surface area (Å²) in [6, 6.07) is 11.7. The number of nitrogens with zero attached hydrogens (tertiary/aromatic N) is 2. The van der Waals surface area contributed by atoms with E-state index in [2.05, 4.69) is 10.3 Å². The molecule has 0 unspecified atom stereocenters. The number of likely N-dealkylation sites (N-methyl/N-ethyl adjacent to an activating group) is 1. The third kappa shape index (κ3) is 5.57. The van der Waals surface area contributed by atoms with Crippen LogP contribution in [0, 0.1) is 0 Å². The van der Waals surface area contributed by atoms with Gasteiger partial charge in [0, 0.05) is 32.0 Å². The van der Waals surface area contributed by atoms with E-state index in [0.717, 1.165) is 17.7 Å². The Hall–Kier alpha value is -2.56. The fourth-order valence-corrected chi connectivity index (χ4v) is 2.38. The maximum absolute atomic E-state index is 12.3. The van der Waals surface area contributed by atoms with Gasteiger partial charge in [-0.1, -0.05) is 12.1 Å². The summed E-state index contributed by atoms with van der Waals surface area (Å²) >= 11 is 0. The molecule has 0 bridgehead atoms. The number of ether oxygens (including phenoxy) is 1. The van der Waals surface area contributed by atoms with Crippen molar-refractivity contribution in [1.82, 2.24) is 15.2 Å². The van der Waals surface area contributed by atoms with Crippen molar-refractivity contribution in [2.45, 2.75) is 26.8 Å². The van der Waals surface area contributed by atoms with E-state index in [9.17, 15) is 4.79 Å². The minimum absolute atomic E-state index is 0.0413. The summed E-state index contributed by atoms with van der Waals surface area (Å²) in [5.74, 6) is 0.847. The van der Waals surface area contributed by atoms with Crippen molar-refractivity contribution in [2.24, 2.45) is 0 Å². The van der Waals surface area contributed by atoms with Crippen molar-refractivity contribution >= 4 is 6.03 Å². The van der Waals surface area contributed by atoms with Crippen molar-refractivity contribution in [3.63, 3.8) is 0 Å². The van der Waals surface area contributed by atoms with E-state index in [1.54, 1.807) is 12.4 Å². The highest BCUT2D eigenvalue weighted by molar-refractivity contribution is 5.74. The second-order valence-corrected chi connectivity index (χ2v) is 5.42. The molecular formula is C19H25N3O2. The minimum Gasteiger partial charge on any atom is -0.494 e. The van der Waals surface area contributed by atoms with Gasteiger partial charge in [0.05, 0.1) is 6.61 Å². The van der Waals surface area contributed by atoms with Gasteiger partial charge in [-0.15, -0.1) is 0 Å². The highest BCUT2D eigenvalue weighted by Crippen LogP contribution is 2.12. The van der Waals surface area contributed by atoms with Gasteiger partial charge in [-0.05, 0) is 55.7 Å². The topological polar surface area (TPSA) is 54.5 Å². The van der Waals surface area contributed by atoms with E-state index >= 15 is 0 Å². The monoisotopic (exact) mass is 327 g/mol. The molecule has 2 amide bonds. The summed E-state index contributed by atoms with van der Waals surface area (Å²) in [6.45, 7) is 6.48. The molecule has 0 spiro atoms. The third-order valence-electron chi connectivity index (χ3n) is 3.77. The van der Waals surface area contributed by atoms with Gasteiger partial charge in [0.25, 0.3) is 0 Å². The first-order valence-electron chi connectivity index (χ1n) is 8.36. The maximum Gasteiger partial charge on any atom is 0.317 e. The van der Waals surface area contributed by atoms with Crippen LogP contribution in [0.5, 0.6) is 5.75 Å². The van der Waals surface area contributed by atoms with Crippen molar-refractivity contribution in [3.8, 4) is 5.75 Å². The Bertz CT molecular complexity index is 614. The summed E-state index contributed by atoms with van der Waals surface area (Å²) in [6.07, 6.45) is 4.38. The molecule has 2 aromatic rings. The molecule has 0 atom stereocenters. The first-order valence-corrected chi connectivity index (χ1v) is 8.36. The lowest BCUT2D eigenvalue weighted by molar-refractivity contribution is 0.200. The molecule has 0 fully saturated rings. The Balaban J connectivity index is 1.80. The molecule has 128 valence electrons. The van der Waals surface area contributed by atoms with Gasteiger partial charge in [0.2, 0.25) is 0 Å². The van der Waals surface area contributed by atoms with Gasteiger partial charge in [-0.2, -0.15) is 0 Å². The molecule has 2 rings (SSSR count). The maximum atomic E-state index is 12.3. The molecule has 1 N–H and O–H groups in total. The van der Waals surface area contributed by atoms with E-state index in [4.69, 9.17) is 4.74 Å². The van der Waals surface area contributed by atoms with Gasteiger partial charge >= 0.3 is 6.03 Å². The van der Waals surface area contributed by atoms with E-state index in [-0.39, 0.29) is 6.03 Å². The van der Waals surface area contributed by atoms with Gasteiger partial charge in [0.15, 0.2) is 0 Å². The number of rotatable bonds is 8. The summed E-state index contributed by atoms with van der Waals surface area (Å²) in [7, 11) is 0. The predicted molar refractivity (Wildman–Crippen MR) is 95.0 cm³/mol. The molecule has 0 saturated carbocycles. The molecule has 1 aromatic heterocycles. The highest BCUT2D eigenvalue weighted by Gasteiger charge is 2.11. The highest BCUT2D eigenvalue weighted by atomic mass is 16.5. The van der Waals surface area contributed by atoms with Crippen LogP contribution in [0.3, 0.4) is 0 Å². The van der Waals surface area contributed by atoms with Crippen molar-refractivity contribution < 1.29 is 9.53 Å². The van der Waals surface area contributed by atoms with Crippen LogP contribution < -0.4 is 10.1 Å². The molecule has 0 aliphatic heterocycles.